The highest BCUT2D eigenvalue weighted by atomic mass is 16.6. The van der Waals surface area contributed by atoms with Gasteiger partial charge in [0, 0.05) is 17.3 Å². The molecule has 0 saturated heterocycles. The molecule has 0 spiro atoms. The number of rotatable bonds is 2. The lowest BCUT2D eigenvalue weighted by molar-refractivity contribution is -0.142. The van der Waals surface area contributed by atoms with Crippen molar-refractivity contribution in [3.05, 3.63) is 64.7 Å². The highest BCUT2D eigenvalue weighted by molar-refractivity contribution is 5.89. The number of ether oxygens (including phenoxy) is 1. The zero-order chi connectivity index (χ0) is 15.9. The van der Waals surface area contributed by atoms with Gasteiger partial charge in [-0.15, -0.1) is 0 Å². The minimum Gasteiger partial charge on any atom is -0.505 e. The van der Waals surface area contributed by atoms with Crippen molar-refractivity contribution >= 4 is 5.97 Å². The second-order valence-electron chi connectivity index (χ2n) is 5.26. The number of cyclic esters (lactones) is 1. The van der Waals surface area contributed by atoms with Crippen molar-refractivity contribution in [1.29, 1.82) is 0 Å². The Kier molecular flexibility index (Phi) is 3.33. The maximum atomic E-state index is 11.3. The molecule has 1 aliphatic heterocycles. The lowest BCUT2D eigenvalue weighted by Crippen LogP contribution is -2.04. The summed E-state index contributed by atoms with van der Waals surface area (Å²) in [6.07, 6.45) is 0.784. The van der Waals surface area contributed by atoms with E-state index in [-0.39, 0.29) is 0 Å². The number of nitrogens with zero attached hydrogens (tertiary/aromatic N) is 1. The topological polar surface area (TPSA) is 79.7 Å². The van der Waals surface area contributed by atoms with Gasteiger partial charge in [0.2, 0.25) is 5.76 Å². The van der Waals surface area contributed by atoms with Gasteiger partial charge in [-0.05, 0) is 31.0 Å². The predicted molar refractivity (Wildman–Crippen MR) is 80.3 cm³/mol. The van der Waals surface area contributed by atoms with Gasteiger partial charge in [-0.2, -0.15) is 0 Å². The summed E-state index contributed by atoms with van der Waals surface area (Å²) in [6, 6.07) is 9.31. The Morgan fingerprint density at radius 1 is 1.14 bits per heavy atom. The average Bonchev–Trinajstić information content (AvgIpc) is 2.76. The molecule has 2 aromatic rings. The third kappa shape index (κ3) is 2.20. The third-order valence-electron chi connectivity index (χ3n) is 3.73. The van der Waals surface area contributed by atoms with E-state index in [0.717, 1.165) is 22.4 Å². The Balaban J connectivity index is 2.01. The highest BCUT2D eigenvalue weighted by Crippen LogP contribution is 2.34. The first-order chi connectivity index (χ1) is 10.5. The maximum absolute atomic E-state index is 11.3. The molecular weight excluding hydrogens is 282 g/mol. The van der Waals surface area contributed by atoms with Crippen LogP contribution in [0.4, 0.5) is 0 Å². The first-order valence-electron chi connectivity index (χ1n) is 6.84. The van der Waals surface area contributed by atoms with Crippen molar-refractivity contribution in [2.75, 3.05) is 0 Å². The van der Waals surface area contributed by atoms with Crippen LogP contribution in [0.1, 0.15) is 22.8 Å². The Labute approximate surface area is 127 Å². The molecule has 1 aliphatic rings. The third-order valence-corrected chi connectivity index (χ3v) is 3.73. The summed E-state index contributed by atoms with van der Waals surface area (Å²) in [5.41, 5.74) is 4.46. The van der Waals surface area contributed by atoms with Crippen LogP contribution < -0.4 is 0 Å². The molecule has 112 valence electrons. The molecule has 5 nitrogen and oxygen atoms in total. The SMILES string of the molecule is Cc1cc(C2OC(=O)C(O)=C2O)ccc1-c1ncccc1C. The van der Waals surface area contributed by atoms with E-state index in [0.29, 0.717) is 5.56 Å². The molecule has 0 saturated carbocycles. The summed E-state index contributed by atoms with van der Waals surface area (Å²) in [7, 11) is 0. The number of pyridine rings is 1. The number of aliphatic hydroxyl groups excluding tert-OH is 2. The van der Waals surface area contributed by atoms with Crippen LogP contribution >= 0.6 is 0 Å². The Bertz CT molecular complexity index is 795. The summed E-state index contributed by atoms with van der Waals surface area (Å²) in [5.74, 6) is -2.09. The van der Waals surface area contributed by atoms with E-state index >= 15 is 0 Å². The summed E-state index contributed by atoms with van der Waals surface area (Å²) >= 11 is 0. The quantitative estimate of drug-likeness (QED) is 0.831. The Morgan fingerprint density at radius 3 is 2.50 bits per heavy atom. The van der Waals surface area contributed by atoms with Crippen LogP contribution in [0, 0.1) is 13.8 Å². The monoisotopic (exact) mass is 297 g/mol. The standard InChI is InChI=1S/C17H15NO4/c1-9-4-3-7-18-13(9)12-6-5-11(8-10(12)2)16-14(19)15(20)17(21)22-16/h3-8,16,19-20H,1-2H3. The van der Waals surface area contributed by atoms with Gasteiger partial charge in [0.15, 0.2) is 11.9 Å². The molecule has 0 amide bonds. The number of aliphatic hydroxyl groups is 2. The number of carbonyl (C=O) groups excluding carboxylic acids is 1. The first-order valence-corrected chi connectivity index (χ1v) is 6.84. The molecule has 0 radical (unpaired) electrons. The minimum absolute atomic E-state index is 0.453. The molecule has 1 atom stereocenters. The summed E-state index contributed by atoms with van der Waals surface area (Å²) < 4.78 is 4.97. The molecule has 0 bridgehead atoms. The average molecular weight is 297 g/mol. The van der Waals surface area contributed by atoms with Crippen LogP contribution in [0.25, 0.3) is 11.3 Å². The molecule has 5 heteroatoms. The fraction of sp³-hybridized carbons (Fsp3) is 0.176. The van der Waals surface area contributed by atoms with Crippen LogP contribution in [0.3, 0.4) is 0 Å². The van der Waals surface area contributed by atoms with E-state index in [9.17, 15) is 15.0 Å². The lowest BCUT2D eigenvalue weighted by Gasteiger charge is -2.14. The lowest BCUT2D eigenvalue weighted by atomic mass is 9.97. The fourth-order valence-corrected chi connectivity index (χ4v) is 2.56. The van der Waals surface area contributed by atoms with Gasteiger partial charge in [-0.1, -0.05) is 24.3 Å². The number of hydrogen-bond donors (Lipinski definition) is 2. The minimum atomic E-state index is -0.954. The van der Waals surface area contributed by atoms with Crippen LogP contribution in [0.2, 0.25) is 0 Å². The summed E-state index contributed by atoms with van der Waals surface area (Å²) in [4.78, 5) is 15.7. The molecule has 2 heterocycles. The van der Waals surface area contributed by atoms with Gasteiger partial charge in [0.25, 0.3) is 0 Å². The second-order valence-corrected chi connectivity index (χ2v) is 5.26. The number of hydrogen-bond acceptors (Lipinski definition) is 5. The van der Waals surface area contributed by atoms with Crippen LogP contribution in [0.15, 0.2) is 48.0 Å². The van der Waals surface area contributed by atoms with Crippen LogP contribution in [-0.2, 0) is 9.53 Å². The van der Waals surface area contributed by atoms with Gasteiger partial charge in [-0.25, -0.2) is 4.79 Å². The summed E-state index contributed by atoms with van der Waals surface area (Å²) in [6.45, 7) is 3.91. The van der Waals surface area contributed by atoms with Crippen molar-refractivity contribution in [2.45, 2.75) is 20.0 Å². The largest absolute Gasteiger partial charge is 0.505 e. The number of esters is 1. The number of aryl methyl sites for hydroxylation is 2. The molecule has 3 rings (SSSR count). The molecule has 1 aromatic carbocycles. The van der Waals surface area contributed by atoms with Crippen molar-refractivity contribution in [2.24, 2.45) is 0 Å². The van der Waals surface area contributed by atoms with E-state index in [1.807, 2.05) is 38.1 Å². The van der Waals surface area contributed by atoms with Gasteiger partial charge in [0.05, 0.1) is 5.69 Å². The van der Waals surface area contributed by atoms with E-state index in [2.05, 4.69) is 4.98 Å². The molecule has 0 aliphatic carbocycles. The van der Waals surface area contributed by atoms with Crippen molar-refractivity contribution in [1.82, 2.24) is 4.98 Å². The van der Waals surface area contributed by atoms with Crippen LogP contribution in [0.5, 0.6) is 0 Å². The van der Waals surface area contributed by atoms with Crippen LogP contribution in [-0.4, -0.2) is 21.2 Å². The zero-order valence-corrected chi connectivity index (χ0v) is 12.2. The van der Waals surface area contributed by atoms with E-state index in [1.165, 1.54) is 0 Å². The molecule has 22 heavy (non-hydrogen) atoms. The first kappa shape index (κ1) is 14.1. The molecule has 1 unspecified atom stereocenters. The van der Waals surface area contributed by atoms with Crippen molar-refractivity contribution in [3.8, 4) is 11.3 Å². The maximum Gasteiger partial charge on any atom is 0.378 e. The Morgan fingerprint density at radius 2 is 1.91 bits per heavy atom. The normalized spacial score (nSPS) is 17.7. The second kappa shape index (κ2) is 5.18. The highest BCUT2D eigenvalue weighted by Gasteiger charge is 2.35. The fourth-order valence-electron chi connectivity index (χ4n) is 2.56. The molecule has 0 fully saturated rings. The summed E-state index contributed by atoms with van der Waals surface area (Å²) in [5, 5.41) is 19.2. The van der Waals surface area contributed by atoms with Gasteiger partial charge in [0.1, 0.15) is 0 Å². The van der Waals surface area contributed by atoms with Crippen molar-refractivity contribution in [3.63, 3.8) is 0 Å². The van der Waals surface area contributed by atoms with E-state index in [1.54, 1.807) is 12.3 Å². The zero-order valence-electron chi connectivity index (χ0n) is 12.2. The van der Waals surface area contributed by atoms with Gasteiger partial charge >= 0.3 is 5.97 Å². The number of benzene rings is 1. The number of aromatic nitrogens is 1. The molecular formula is C17H15NO4. The molecule has 2 N–H and O–H groups in total. The predicted octanol–water partition coefficient (Wildman–Crippen LogP) is 3.29. The number of carbonyl (C=O) groups is 1. The van der Waals surface area contributed by atoms with Gasteiger partial charge < -0.3 is 14.9 Å². The molecule has 1 aromatic heterocycles. The van der Waals surface area contributed by atoms with Crippen molar-refractivity contribution < 1.29 is 19.7 Å². The van der Waals surface area contributed by atoms with Gasteiger partial charge in [-0.3, -0.25) is 4.98 Å². The van der Waals surface area contributed by atoms with E-state index in [4.69, 9.17) is 4.74 Å². The Hall–Kier alpha value is -2.82. The van der Waals surface area contributed by atoms with E-state index < -0.39 is 23.6 Å². The smallest absolute Gasteiger partial charge is 0.378 e.